The summed E-state index contributed by atoms with van der Waals surface area (Å²) in [6.45, 7) is 7.95. The highest BCUT2D eigenvalue weighted by Crippen LogP contribution is 2.14. The van der Waals surface area contributed by atoms with Gasteiger partial charge in [-0.15, -0.1) is 0 Å². The first-order valence-electron chi connectivity index (χ1n) is 11.4. The second-order valence-corrected chi connectivity index (χ2v) is 8.07. The summed E-state index contributed by atoms with van der Waals surface area (Å²) in [5, 5.41) is 0. The Morgan fingerprint density at radius 1 is 0.520 bits per heavy atom. The smallest absolute Gasteiger partial charge is 0.0224 e. The van der Waals surface area contributed by atoms with E-state index in [-0.39, 0.29) is 0 Å². The standard InChI is InChI=1S/C24H45N/c1-4-5-6-7-8-9-10-11-12-13-14-15-16-17-18-19-22-25-23(2)20-21-24(25)3/h20-21H,4-19,22H2,1-3H3. The lowest BCUT2D eigenvalue weighted by Crippen LogP contribution is -2.01. The van der Waals surface area contributed by atoms with Crippen molar-refractivity contribution in [2.24, 2.45) is 0 Å². The van der Waals surface area contributed by atoms with Gasteiger partial charge in [-0.05, 0) is 32.4 Å². The van der Waals surface area contributed by atoms with Crippen LogP contribution in [0.1, 0.15) is 121 Å². The van der Waals surface area contributed by atoms with Crippen LogP contribution >= 0.6 is 0 Å². The summed E-state index contributed by atoms with van der Waals surface area (Å²) >= 11 is 0. The summed E-state index contributed by atoms with van der Waals surface area (Å²) in [5.41, 5.74) is 2.83. The molecule has 0 aliphatic rings. The minimum Gasteiger partial charge on any atom is -0.349 e. The molecule has 0 aliphatic carbocycles. The van der Waals surface area contributed by atoms with Gasteiger partial charge in [-0.25, -0.2) is 0 Å². The van der Waals surface area contributed by atoms with E-state index >= 15 is 0 Å². The van der Waals surface area contributed by atoms with E-state index in [1.807, 2.05) is 0 Å². The Bertz CT molecular complexity index is 385. The minimum absolute atomic E-state index is 1.21. The molecule has 0 fully saturated rings. The Balaban J connectivity index is 1.76. The Morgan fingerprint density at radius 2 is 0.840 bits per heavy atom. The first-order valence-corrected chi connectivity index (χ1v) is 11.4. The highest BCUT2D eigenvalue weighted by Gasteiger charge is 2.00. The number of rotatable bonds is 17. The van der Waals surface area contributed by atoms with Gasteiger partial charge in [0.15, 0.2) is 0 Å². The molecule has 0 bridgehead atoms. The summed E-state index contributed by atoms with van der Waals surface area (Å²) in [5.74, 6) is 0. The predicted molar refractivity (Wildman–Crippen MR) is 113 cm³/mol. The highest BCUT2D eigenvalue weighted by atomic mass is 15.0. The number of hydrogen-bond acceptors (Lipinski definition) is 0. The van der Waals surface area contributed by atoms with E-state index in [4.69, 9.17) is 0 Å². The fourth-order valence-corrected chi connectivity index (χ4v) is 3.87. The third kappa shape index (κ3) is 11.5. The van der Waals surface area contributed by atoms with E-state index < -0.39 is 0 Å². The molecule has 0 radical (unpaired) electrons. The van der Waals surface area contributed by atoms with Gasteiger partial charge in [-0.1, -0.05) is 103 Å². The zero-order chi connectivity index (χ0) is 18.2. The average molecular weight is 348 g/mol. The van der Waals surface area contributed by atoms with Crippen LogP contribution < -0.4 is 0 Å². The van der Waals surface area contributed by atoms with Crippen molar-refractivity contribution in [3.05, 3.63) is 23.5 Å². The van der Waals surface area contributed by atoms with Crippen molar-refractivity contribution >= 4 is 0 Å². The third-order valence-electron chi connectivity index (χ3n) is 5.65. The predicted octanol–water partition coefficient (Wildman–Crippen LogP) is 8.37. The summed E-state index contributed by atoms with van der Waals surface area (Å²) < 4.78 is 2.46. The molecule has 0 saturated heterocycles. The van der Waals surface area contributed by atoms with Crippen molar-refractivity contribution in [3.8, 4) is 0 Å². The van der Waals surface area contributed by atoms with Crippen LogP contribution in [-0.2, 0) is 6.54 Å². The quantitative estimate of drug-likeness (QED) is 0.249. The lowest BCUT2D eigenvalue weighted by Gasteiger charge is -2.09. The van der Waals surface area contributed by atoms with Gasteiger partial charge in [0.25, 0.3) is 0 Å². The summed E-state index contributed by atoms with van der Waals surface area (Å²) in [6.07, 6.45) is 23.1. The van der Waals surface area contributed by atoms with Crippen molar-refractivity contribution in [2.45, 2.75) is 130 Å². The molecule has 0 unspecified atom stereocenters. The second kappa shape index (κ2) is 15.5. The first-order chi connectivity index (χ1) is 12.3. The molecule has 0 aromatic carbocycles. The van der Waals surface area contributed by atoms with Crippen LogP contribution in [-0.4, -0.2) is 4.57 Å². The van der Waals surface area contributed by atoms with E-state index in [1.54, 1.807) is 0 Å². The van der Waals surface area contributed by atoms with Crippen LogP contribution in [0.2, 0.25) is 0 Å². The maximum atomic E-state index is 2.46. The van der Waals surface area contributed by atoms with Crippen molar-refractivity contribution in [1.82, 2.24) is 4.57 Å². The van der Waals surface area contributed by atoms with E-state index in [9.17, 15) is 0 Å². The number of nitrogens with zero attached hydrogens (tertiary/aromatic N) is 1. The normalized spacial score (nSPS) is 11.3. The molecule has 1 rings (SSSR count). The van der Waals surface area contributed by atoms with E-state index in [0.717, 1.165) is 0 Å². The van der Waals surface area contributed by atoms with Gasteiger partial charge in [-0.3, -0.25) is 0 Å². The van der Waals surface area contributed by atoms with Gasteiger partial charge < -0.3 is 4.57 Å². The van der Waals surface area contributed by atoms with Crippen LogP contribution in [0.25, 0.3) is 0 Å². The molecule has 0 atom stereocenters. The van der Waals surface area contributed by atoms with Crippen LogP contribution in [0.15, 0.2) is 12.1 Å². The topological polar surface area (TPSA) is 4.93 Å². The van der Waals surface area contributed by atoms with E-state index in [2.05, 4.69) is 37.5 Å². The molecule has 1 aromatic rings. The van der Waals surface area contributed by atoms with Crippen molar-refractivity contribution in [2.75, 3.05) is 0 Å². The molecule has 0 amide bonds. The number of hydrogen-bond donors (Lipinski definition) is 0. The Kier molecular flexibility index (Phi) is 13.9. The van der Waals surface area contributed by atoms with Crippen LogP contribution in [0.4, 0.5) is 0 Å². The van der Waals surface area contributed by atoms with Crippen molar-refractivity contribution in [1.29, 1.82) is 0 Å². The lowest BCUT2D eigenvalue weighted by molar-refractivity contribution is 0.518. The number of aryl methyl sites for hydroxylation is 2. The molecule has 0 aliphatic heterocycles. The Hall–Kier alpha value is -0.720. The first kappa shape index (κ1) is 22.3. The van der Waals surface area contributed by atoms with Gasteiger partial charge in [-0.2, -0.15) is 0 Å². The molecular weight excluding hydrogens is 302 g/mol. The minimum atomic E-state index is 1.21. The monoisotopic (exact) mass is 347 g/mol. The summed E-state index contributed by atoms with van der Waals surface area (Å²) in [7, 11) is 0. The molecule has 1 heterocycles. The van der Waals surface area contributed by atoms with Gasteiger partial charge >= 0.3 is 0 Å². The Labute approximate surface area is 158 Å². The molecule has 0 N–H and O–H groups in total. The largest absolute Gasteiger partial charge is 0.349 e. The molecule has 1 heteroatoms. The number of unbranched alkanes of at least 4 members (excludes halogenated alkanes) is 15. The third-order valence-corrected chi connectivity index (χ3v) is 5.65. The second-order valence-electron chi connectivity index (χ2n) is 8.07. The average Bonchev–Trinajstić information content (AvgIpc) is 2.93. The maximum Gasteiger partial charge on any atom is 0.0224 e. The van der Waals surface area contributed by atoms with E-state index in [0.29, 0.717) is 0 Å². The SMILES string of the molecule is CCCCCCCCCCCCCCCCCCn1c(C)ccc1C. The zero-order valence-corrected chi connectivity index (χ0v) is 17.6. The lowest BCUT2D eigenvalue weighted by atomic mass is 10.0. The van der Waals surface area contributed by atoms with Crippen LogP contribution in [0.3, 0.4) is 0 Å². The molecular formula is C24H45N. The van der Waals surface area contributed by atoms with Crippen molar-refractivity contribution < 1.29 is 0 Å². The fraction of sp³-hybridized carbons (Fsp3) is 0.833. The van der Waals surface area contributed by atoms with E-state index in [1.165, 1.54) is 121 Å². The maximum absolute atomic E-state index is 2.46. The van der Waals surface area contributed by atoms with Crippen LogP contribution in [0, 0.1) is 13.8 Å². The highest BCUT2D eigenvalue weighted by molar-refractivity contribution is 5.13. The summed E-state index contributed by atoms with van der Waals surface area (Å²) in [6, 6.07) is 4.48. The van der Waals surface area contributed by atoms with Crippen molar-refractivity contribution in [3.63, 3.8) is 0 Å². The van der Waals surface area contributed by atoms with Crippen LogP contribution in [0.5, 0.6) is 0 Å². The summed E-state index contributed by atoms with van der Waals surface area (Å²) in [4.78, 5) is 0. The molecule has 0 spiro atoms. The van der Waals surface area contributed by atoms with Gasteiger partial charge in [0, 0.05) is 17.9 Å². The molecule has 25 heavy (non-hydrogen) atoms. The molecule has 1 aromatic heterocycles. The molecule has 1 nitrogen and oxygen atoms in total. The van der Waals surface area contributed by atoms with Gasteiger partial charge in [0.05, 0.1) is 0 Å². The fourth-order valence-electron chi connectivity index (χ4n) is 3.87. The Morgan fingerprint density at radius 3 is 1.20 bits per heavy atom. The number of aromatic nitrogens is 1. The van der Waals surface area contributed by atoms with Gasteiger partial charge in [0.2, 0.25) is 0 Å². The molecule has 146 valence electrons. The zero-order valence-electron chi connectivity index (χ0n) is 17.6. The van der Waals surface area contributed by atoms with Gasteiger partial charge in [0.1, 0.15) is 0 Å². The molecule has 0 saturated carbocycles.